The first-order valence-corrected chi connectivity index (χ1v) is 9.67. The van der Waals surface area contributed by atoms with E-state index >= 15 is 0 Å². The SMILES string of the molecule is Cc1ccc(C(=O)Nc2cccc(C(F)(F)F)c2)cc1C#CC1=Cc2cn[nH]c2N=CC1. The lowest BCUT2D eigenvalue weighted by molar-refractivity contribution is -0.137. The third-order valence-corrected chi connectivity index (χ3v) is 4.81. The number of aromatic nitrogens is 2. The number of rotatable bonds is 2. The van der Waals surface area contributed by atoms with Gasteiger partial charge in [-0.2, -0.15) is 18.3 Å². The summed E-state index contributed by atoms with van der Waals surface area (Å²) in [5.41, 5.74) is 2.74. The van der Waals surface area contributed by atoms with E-state index in [-0.39, 0.29) is 5.69 Å². The Labute approximate surface area is 182 Å². The fraction of sp³-hybridized carbons (Fsp3) is 0.125. The van der Waals surface area contributed by atoms with Crippen molar-refractivity contribution in [3.63, 3.8) is 0 Å². The number of aromatic amines is 1. The van der Waals surface area contributed by atoms with Gasteiger partial charge in [0.1, 0.15) is 0 Å². The maximum Gasteiger partial charge on any atom is 0.416 e. The molecule has 5 nitrogen and oxygen atoms in total. The largest absolute Gasteiger partial charge is 0.416 e. The van der Waals surface area contributed by atoms with Crippen LogP contribution >= 0.6 is 0 Å². The van der Waals surface area contributed by atoms with Gasteiger partial charge in [0.25, 0.3) is 5.91 Å². The van der Waals surface area contributed by atoms with Gasteiger partial charge in [0.15, 0.2) is 5.82 Å². The van der Waals surface area contributed by atoms with E-state index in [0.717, 1.165) is 28.8 Å². The third kappa shape index (κ3) is 4.78. The molecule has 1 amide bonds. The van der Waals surface area contributed by atoms with Crippen molar-refractivity contribution < 1.29 is 18.0 Å². The third-order valence-electron chi connectivity index (χ3n) is 4.81. The number of hydrogen-bond acceptors (Lipinski definition) is 3. The van der Waals surface area contributed by atoms with Crippen molar-refractivity contribution in [1.29, 1.82) is 0 Å². The smallest absolute Gasteiger partial charge is 0.322 e. The van der Waals surface area contributed by atoms with E-state index in [1.165, 1.54) is 12.1 Å². The van der Waals surface area contributed by atoms with Crippen molar-refractivity contribution in [3.8, 4) is 11.8 Å². The van der Waals surface area contributed by atoms with Gasteiger partial charge < -0.3 is 5.32 Å². The van der Waals surface area contributed by atoms with Gasteiger partial charge in [0.2, 0.25) is 0 Å². The lowest BCUT2D eigenvalue weighted by atomic mass is 10.0. The van der Waals surface area contributed by atoms with Gasteiger partial charge in [-0.3, -0.25) is 9.89 Å². The normalized spacial score (nSPS) is 12.8. The molecule has 0 aliphatic carbocycles. The van der Waals surface area contributed by atoms with Crippen LogP contribution in [-0.2, 0) is 6.18 Å². The molecular formula is C24H17F3N4O. The molecule has 2 N–H and O–H groups in total. The van der Waals surface area contributed by atoms with Crippen molar-refractivity contribution in [2.75, 3.05) is 5.32 Å². The predicted octanol–water partition coefficient (Wildman–Crippen LogP) is 5.53. The number of anilines is 1. The second-order valence-electron chi connectivity index (χ2n) is 7.17. The second-order valence-corrected chi connectivity index (χ2v) is 7.17. The van der Waals surface area contributed by atoms with Crippen LogP contribution in [0.15, 0.2) is 59.2 Å². The molecule has 1 aliphatic heterocycles. The number of alkyl halides is 3. The summed E-state index contributed by atoms with van der Waals surface area (Å²) in [6.45, 7) is 1.87. The Bertz CT molecular complexity index is 1310. The van der Waals surface area contributed by atoms with Crippen molar-refractivity contribution in [2.24, 2.45) is 4.99 Å². The molecule has 1 aromatic heterocycles. The Morgan fingerprint density at radius 3 is 2.81 bits per heavy atom. The number of amides is 1. The molecular weight excluding hydrogens is 417 g/mol. The Kier molecular flexibility index (Phi) is 5.65. The molecule has 3 aromatic rings. The van der Waals surface area contributed by atoms with E-state index in [2.05, 4.69) is 32.3 Å². The lowest BCUT2D eigenvalue weighted by Crippen LogP contribution is -2.13. The zero-order valence-electron chi connectivity index (χ0n) is 16.9. The Balaban J connectivity index is 1.56. The average molecular weight is 434 g/mol. The standard InChI is InChI=1S/C24H17F3N4O/c1-15-5-7-18(23(32)30-21-4-2-3-20(13-21)24(25,26)27)12-17(15)8-6-16-9-10-28-22-19(11-16)14-29-31-22/h2-5,7,10-14H,9H2,1H3,(H,29,31)(H,30,32). The second kappa shape index (κ2) is 8.55. The maximum absolute atomic E-state index is 12.9. The van der Waals surface area contributed by atoms with E-state index < -0.39 is 17.6 Å². The topological polar surface area (TPSA) is 70.1 Å². The van der Waals surface area contributed by atoms with E-state index in [1.807, 2.05) is 13.0 Å². The molecule has 2 aromatic carbocycles. The summed E-state index contributed by atoms with van der Waals surface area (Å²) in [5.74, 6) is 6.35. The van der Waals surface area contributed by atoms with Crippen molar-refractivity contribution in [3.05, 3.63) is 82.1 Å². The summed E-state index contributed by atoms with van der Waals surface area (Å²) in [7, 11) is 0. The van der Waals surface area contributed by atoms with Crippen LogP contribution in [-0.4, -0.2) is 22.3 Å². The number of aryl methyl sites for hydroxylation is 1. The lowest BCUT2D eigenvalue weighted by Gasteiger charge is -2.10. The van der Waals surface area contributed by atoms with Crippen molar-refractivity contribution >= 4 is 29.7 Å². The van der Waals surface area contributed by atoms with E-state index in [9.17, 15) is 18.0 Å². The summed E-state index contributed by atoms with van der Waals surface area (Å²) in [5, 5.41) is 9.28. The number of benzene rings is 2. The quantitative estimate of drug-likeness (QED) is 0.521. The van der Waals surface area contributed by atoms with E-state index in [4.69, 9.17) is 0 Å². The molecule has 160 valence electrons. The number of halogens is 3. The number of carbonyl (C=O) groups excluding carboxylic acids is 1. The van der Waals surface area contributed by atoms with Crippen LogP contribution in [0.1, 0.15) is 39.0 Å². The molecule has 0 spiro atoms. The Hall–Kier alpha value is -4.12. The molecule has 0 saturated carbocycles. The summed E-state index contributed by atoms with van der Waals surface area (Å²) in [6, 6.07) is 9.50. The Morgan fingerprint density at radius 1 is 1.16 bits per heavy atom. The highest BCUT2D eigenvalue weighted by Crippen LogP contribution is 2.30. The van der Waals surface area contributed by atoms with Gasteiger partial charge in [-0.05, 0) is 48.9 Å². The van der Waals surface area contributed by atoms with Crippen molar-refractivity contribution in [1.82, 2.24) is 10.2 Å². The molecule has 0 fully saturated rings. The number of carbonyl (C=O) groups is 1. The van der Waals surface area contributed by atoms with Gasteiger partial charge >= 0.3 is 6.18 Å². The van der Waals surface area contributed by atoms with Crippen LogP contribution in [0.5, 0.6) is 0 Å². The first-order valence-electron chi connectivity index (χ1n) is 9.67. The number of fused-ring (bicyclic) bond motifs is 1. The van der Waals surface area contributed by atoms with Gasteiger partial charge in [0, 0.05) is 40.6 Å². The molecule has 8 heteroatoms. The summed E-state index contributed by atoms with van der Waals surface area (Å²) < 4.78 is 38.7. The number of nitrogens with zero attached hydrogens (tertiary/aromatic N) is 2. The van der Waals surface area contributed by atoms with Crippen LogP contribution in [0.25, 0.3) is 6.08 Å². The average Bonchev–Trinajstić information content (AvgIpc) is 3.10. The zero-order valence-corrected chi connectivity index (χ0v) is 16.9. The minimum atomic E-state index is -4.48. The number of allylic oxidation sites excluding steroid dienone is 1. The first-order chi connectivity index (χ1) is 15.3. The minimum Gasteiger partial charge on any atom is -0.322 e. The molecule has 0 bridgehead atoms. The van der Waals surface area contributed by atoms with Crippen LogP contribution in [0.4, 0.5) is 24.7 Å². The first kappa shape index (κ1) is 21.1. The van der Waals surface area contributed by atoms with Crippen LogP contribution < -0.4 is 5.32 Å². The minimum absolute atomic E-state index is 0.0665. The highest BCUT2D eigenvalue weighted by molar-refractivity contribution is 6.04. The fourth-order valence-corrected chi connectivity index (χ4v) is 3.09. The molecule has 0 atom stereocenters. The van der Waals surface area contributed by atoms with Crippen LogP contribution in [0.3, 0.4) is 0 Å². The van der Waals surface area contributed by atoms with Gasteiger partial charge in [-0.25, -0.2) is 4.99 Å². The summed E-state index contributed by atoms with van der Waals surface area (Å²) in [6.07, 6.45) is 1.39. The predicted molar refractivity (Wildman–Crippen MR) is 117 cm³/mol. The highest BCUT2D eigenvalue weighted by atomic mass is 19.4. The van der Waals surface area contributed by atoms with E-state index in [0.29, 0.717) is 23.4 Å². The van der Waals surface area contributed by atoms with Crippen molar-refractivity contribution in [2.45, 2.75) is 19.5 Å². The molecule has 2 heterocycles. The molecule has 32 heavy (non-hydrogen) atoms. The van der Waals surface area contributed by atoms with Gasteiger partial charge in [-0.15, -0.1) is 0 Å². The number of nitrogens with one attached hydrogen (secondary N) is 2. The molecule has 0 unspecified atom stereocenters. The molecule has 0 saturated heterocycles. The molecule has 4 rings (SSSR count). The van der Waals surface area contributed by atoms with E-state index in [1.54, 1.807) is 30.6 Å². The number of H-pyrrole nitrogens is 1. The highest BCUT2D eigenvalue weighted by Gasteiger charge is 2.30. The number of hydrogen-bond donors (Lipinski definition) is 2. The van der Waals surface area contributed by atoms with Gasteiger partial charge in [-0.1, -0.05) is 24.0 Å². The van der Waals surface area contributed by atoms with Crippen LogP contribution in [0.2, 0.25) is 0 Å². The summed E-state index contributed by atoms with van der Waals surface area (Å²) in [4.78, 5) is 16.9. The Morgan fingerprint density at radius 2 is 2.00 bits per heavy atom. The summed E-state index contributed by atoms with van der Waals surface area (Å²) >= 11 is 0. The number of aliphatic imine (C=N–C) groups is 1. The molecule has 0 radical (unpaired) electrons. The molecule has 1 aliphatic rings. The fourth-order valence-electron chi connectivity index (χ4n) is 3.09. The monoisotopic (exact) mass is 434 g/mol. The maximum atomic E-state index is 12.9. The van der Waals surface area contributed by atoms with Gasteiger partial charge in [0.05, 0.1) is 11.8 Å². The van der Waals surface area contributed by atoms with Crippen LogP contribution in [0, 0.1) is 18.8 Å². The zero-order chi connectivity index (χ0) is 22.7.